The van der Waals surface area contributed by atoms with Crippen LogP contribution in [0.15, 0.2) is 36.5 Å². The fourth-order valence-corrected chi connectivity index (χ4v) is 1.80. The van der Waals surface area contributed by atoms with Gasteiger partial charge in [0, 0.05) is 25.2 Å². The van der Waals surface area contributed by atoms with E-state index in [0.717, 1.165) is 16.6 Å². The van der Waals surface area contributed by atoms with Crippen LogP contribution in [-0.4, -0.2) is 31.3 Å². The molecule has 0 fully saturated rings. The summed E-state index contributed by atoms with van der Waals surface area (Å²) in [5.41, 5.74) is 5.68. The topological polar surface area (TPSA) is 60.2 Å². The Bertz CT molecular complexity index is 482. The summed E-state index contributed by atoms with van der Waals surface area (Å²) in [6, 6.07) is 10.2. The summed E-state index contributed by atoms with van der Waals surface area (Å²) >= 11 is 0. The van der Waals surface area contributed by atoms with Crippen molar-refractivity contribution >= 4 is 16.6 Å². The number of ether oxygens (including phenoxy) is 1. The van der Waals surface area contributed by atoms with E-state index in [1.807, 2.05) is 24.3 Å². The maximum Gasteiger partial charge on any atom is 0.134 e. The molecular formula is C13H17N3O. The van der Waals surface area contributed by atoms with E-state index in [9.17, 15) is 0 Å². The number of methoxy groups -OCH3 is 1. The minimum atomic E-state index is 0.0818. The Morgan fingerprint density at radius 1 is 1.35 bits per heavy atom. The van der Waals surface area contributed by atoms with Crippen LogP contribution < -0.4 is 11.1 Å². The zero-order chi connectivity index (χ0) is 12.1. The third-order valence-electron chi connectivity index (χ3n) is 2.67. The van der Waals surface area contributed by atoms with Crippen molar-refractivity contribution in [2.24, 2.45) is 5.73 Å². The molecule has 1 heterocycles. The van der Waals surface area contributed by atoms with Gasteiger partial charge in [0.1, 0.15) is 5.82 Å². The number of benzene rings is 1. The number of nitrogens with one attached hydrogen (secondary N) is 1. The molecule has 4 nitrogen and oxygen atoms in total. The molecular weight excluding hydrogens is 214 g/mol. The lowest BCUT2D eigenvalue weighted by molar-refractivity contribution is 0.187. The maximum absolute atomic E-state index is 5.68. The zero-order valence-electron chi connectivity index (χ0n) is 9.89. The van der Waals surface area contributed by atoms with E-state index < -0.39 is 0 Å². The van der Waals surface area contributed by atoms with Crippen molar-refractivity contribution in [3.8, 4) is 0 Å². The first-order chi connectivity index (χ1) is 8.35. The van der Waals surface area contributed by atoms with Crippen LogP contribution in [0.3, 0.4) is 0 Å². The summed E-state index contributed by atoms with van der Waals surface area (Å²) in [7, 11) is 1.67. The molecule has 1 unspecified atom stereocenters. The molecule has 2 aromatic rings. The highest BCUT2D eigenvalue weighted by Crippen LogP contribution is 2.20. The molecule has 17 heavy (non-hydrogen) atoms. The SMILES string of the molecule is COCC(CN)Nc1nccc2ccccc12. The van der Waals surface area contributed by atoms with Gasteiger partial charge >= 0.3 is 0 Å². The molecule has 3 N–H and O–H groups in total. The summed E-state index contributed by atoms with van der Waals surface area (Å²) in [4.78, 5) is 4.35. The second kappa shape index (κ2) is 5.61. The Balaban J connectivity index is 2.28. The van der Waals surface area contributed by atoms with E-state index in [2.05, 4.69) is 16.4 Å². The number of nitrogens with zero attached hydrogens (tertiary/aromatic N) is 1. The number of pyridine rings is 1. The normalized spacial score (nSPS) is 12.6. The van der Waals surface area contributed by atoms with Gasteiger partial charge in [-0.1, -0.05) is 24.3 Å². The number of fused-ring (bicyclic) bond motifs is 1. The van der Waals surface area contributed by atoms with Gasteiger partial charge in [0.05, 0.1) is 12.6 Å². The number of rotatable bonds is 5. The molecule has 4 heteroatoms. The molecule has 0 saturated heterocycles. The van der Waals surface area contributed by atoms with Crippen LogP contribution in [0, 0.1) is 0 Å². The third kappa shape index (κ3) is 2.72. The largest absolute Gasteiger partial charge is 0.383 e. The molecule has 0 radical (unpaired) electrons. The highest BCUT2D eigenvalue weighted by atomic mass is 16.5. The Labute approximate surface area is 101 Å². The number of hydrogen-bond acceptors (Lipinski definition) is 4. The fourth-order valence-electron chi connectivity index (χ4n) is 1.80. The second-order valence-electron chi connectivity index (χ2n) is 3.91. The lowest BCUT2D eigenvalue weighted by Gasteiger charge is -2.17. The van der Waals surface area contributed by atoms with Crippen LogP contribution in [0.4, 0.5) is 5.82 Å². The van der Waals surface area contributed by atoms with E-state index in [1.54, 1.807) is 13.3 Å². The Hall–Kier alpha value is -1.65. The monoisotopic (exact) mass is 231 g/mol. The predicted molar refractivity (Wildman–Crippen MR) is 70.1 cm³/mol. The van der Waals surface area contributed by atoms with Crippen molar-refractivity contribution in [2.75, 3.05) is 25.6 Å². The van der Waals surface area contributed by atoms with Crippen molar-refractivity contribution in [3.63, 3.8) is 0 Å². The van der Waals surface area contributed by atoms with E-state index in [4.69, 9.17) is 10.5 Å². The highest BCUT2D eigenvalue weighted by Gasteiger charge is 2.08. The molecule has 1 aromatic carbocycles. The first-order valence-corrected chi connectivity index (χ1v) is 5.64. The van der Waals surface area contributed by atoms with E-state index in [-0.39, 0.29) is 6.04 Å². The molecule has 1 atom stereocenters. The first kappa shape index (κ1) is 11.8. The highest BCUT2D eigenvalue weighted by molar-refractivity contribution is 5.91. The maximum atomic E-state index is 5.68. The lowest BCUT2D eigenvalue weighted by atomic mass is 10.1. The Morgan fingerprint density at radius 3 is 2.94 bits per heavy atom. The molecule has 0 aliphatic heterocycles. The average Bonchev–Trinajstić information content (AvgIpc) is 2.38. The van der Waals surface area contributed by atoms with Gasteiger partial charge in [-0.25, -0.2) is 4.98 Å². The van der Waals surface area contributed by atoms with Crippen molar-refractivity contribution in [2.45, 2.75) is 6.04 Å². The molecule has 0 aliphatic carbocycles. The predicted octanol–water partition coefficient (Wildman–Crippen LogP) is 1.62. The van der Waals surface area contributed by atoms with Gasteiger partial charge < -0.3 is 15.8 Å². The molecule has 90 valence electrons. The smallest absolute Gasteiger partial charge is 0.134 e. The molecule has 0 spiro atoms. The molecule has 0 bridgehead atoms. The summed E-state index contributed by atoms with van der Waals surface area (Å²) in [6.45, 7) is 1.08. The molecule has 1 aromatic heterocycles. The molecule has 0 saturated carbocycles. The van der Waals surface area contributed by atoms with Crippen LogP contribution >= 0.6 is 0 Å². The van der Waals surface area contributed by atoms with Gasteiger partial charge in [0.2, 0.25) is 0 Å². The second-order valence-corrected chi connectivity index (χ2v) is 3.91. The van der Waals surface area contributed by atoms with Crippen molar-refractivity contribution < 1.29 is 4.74 Å². The summed E-state index contributed by atoms with van der Waals surface area (Å²) < 4.78 is 5.11. The molecule has 0 amide bonds. The standard InChI is InChI=1S/C13H17N3O/c1-17-9-11(8-14)16-13-12-5-3-2-4-10(12)6-7-15-13/h2-7,11H,8-9,14H2,1H3,(H,15,16). The van der Waals surface area contributed by atoms with Crippen molar-refractivity contribution in [1.82, 2.24) is 4.98 Å². The van der Waals surface area contributed by atoms with Gasteiger partial charge in [-0.05, 0) is 11.5 Å². The van der Waals surface area contributed by atoms with Crippen molar-refractivity contribution in [3.05, 3.63) is 36.5 Å². The quantitative estimate of drug-likeness (QED) is 0.821. The van der Waals surface area contributed by atoms with Gasteiger partial charge in [0.25, 0.3) is 0 Å². The summed E-state index contributed by atoms with van der Waals surface area (Å²) in [5, 5.41) is 5.58. The van der Waals surface area contributed by atoms with Crippen LogP contribution in [0.2, 0.25) is 0 Å². The van der Waals surface area contributed by atoms with Crippen molar-refractivity contribution in [1.29, 1.82) is 0 Å². The fraction of sp³-hybridized carbons (Fsp3) is 0.308. The number of anilines is 1. The average molecular weight is 231 g/mol. The summed E-state index contributed by atoms with van der Waals surface area (Å²) in [5.74, 6) is 0.857. The van der Waals surface area contributed by atoms with Crippen LogP contribution in [0.1, 0.15) is 0 Å². The lowest BCUT2D eigenvalue weighted by Crippen LogP contribution is -2.33. The summed E-state index contributed by atoms with van der Waals surface area (Å²) in [6.07, 6.45) is 1.80. The zero-order valence-corrected chi connectivity index (χ0v) is 9.89. The van der Waals surface area contributed by atoms with Crippen LogP contribution in [0.5, 0.6) is 0 Å². The van der Waals surface area contributed by atoms with E-state index in [0.29, 0.717) is 13.2 Å². The number of hydrogen-bond donors (Lipinski definition) is 2. The molecule has 2 rings (SSSR count). The van der Waals surface area contributed by atoms with Gasteiger partial charge in [-0.3, -0.25) is 0 Å². The van der Waals surface area contributed by atoms with E-state index >= 15 is 0 Å². The number of nitrogens with two attached hydrogens (primary N) is 1. The minimum Gasteiger partial charge on any atom is -0.383 e. The first-order valence-electron chi connectivity index (χ1n) is 5.64. The molecule has 0 aliphatic rings. The number of aromatic nitrogens is 1. The van der Waals surface area contributed by atoms with Crippen LogP contribution in [0.25, 0.3) is 10.8 Å². The Kier molecular flexibility index (Phi) is 3.90. The van der Waals surface area contributed by atoms with Crippen LogP contribution in [-0.2, 0) is 4.74 Å². The Morgan fingerprint density at radius 2 is 2.18 bits per heavy atom. The van der Waals surface area contributed by atoms with Gasteiger partial charge in [-0.15, -0.1) is 0 Å². The van der Waals surface area contributed by atoms with E-state index in [1.165, 1.54) is 0 Å². The van der Waals surface area contributed by atoms with Gasteiger partial charge in [-0.2, -0.15) is 0 Å². The van der Waals surface area contributed by atoms with Gasteiger partial charge in [0.15, 0.2) is 0 Å². The third-order valence-corrected chi connectivity index (χ3v) is 2.67. The minimum absolute atomic E-state index is 0.0818.